The topological polar surface area (TPSA) is 64.3 Å². The van der Waals surface area contributed by atoms with Gasteiger partial charge in [-0.15, -0.1) is 0 Å². The smallest absolute Gasteiger partial charge is 0.239 e. The van der Waals surface area contributed by atoms with E-state index in [0.29, 0.717) is 24.0 Å². The number of anilines is 1. The molecule has 6 nitrogen and oxygen atoms in total. The fraction of sp³-hybridized carbons (Fsp3) is 0.684. The zero-order valence-electron chi connectivity index (χ0n) is 15.6. The molecule has 1 N–H and O–H groups in total. The Bertz CT molecular complexity index is 673. The number of carbonyl (C=O) groups is 1. The average molecular weight is 343 g/mol. The van der Waals surface area contributed by atoms with Gasteiger partial charge in [-0.3, -0.25) is 9.69 Å². The summed E-state index contributed by atoms with van der Waals surface area (Å²) in [6.07, 6.45) is 4.69. The lowest BCUT2D eigenvalue weighted by Crippen LogP contribution is -2.47. The minimum Gasteiger partial charge on any atom is -0.327 e. The Balaban J connectivity index is 1.77. The van der Waals surface area contributed by atoms with E-state index < -0.39 is 0 Å². The molecule has 0 aromatic carbocycles. The highest BCUT2D eigenvalue weighted by Crippen LogP contribution is 2.37. The molecule has 1 aliphatic carbocycles. The van der Waals surface area contributed by atoms with E-state index in [1.807, 2.05) is 6.92 Å². The fourth-order valence-electron chi connectivity index (χ4n) is 4.09. The normalized spacial score (nSPS) is 19.9. The molecule has 1 saturated carbocycles. The lowest BCUT2D eigenvalue weighted by atomic mass is 10.2. The first kappa shape index (κ1) is 18.0. The van der Waals surface area contributed by atoms with Gasteiger partial charge in [0.1, 0.15) is 11.9 Å². The second-order valence-electron chi connectivity index (χ2n) is 7.48. The number of rotatable bonds is 4. The van der Waals surface area contributed by atoms with Gasteiger partial charge in [0.2, 0.25) is 5.91 Å². The van der Waals surface area contributed by atoms with E-state index in [-0.39, 0.29) is 5.91 Å². The van der Waals surface area contributed by atoms with E-state index >= 15 is 0 Å². The Morgan fingerprint density at radius 2 is 1.84 bits per heavy atom. The molecule has 2 fully saturated rings. The molecule has 6 heteroatoms. The zero-order valence-corrected chi connectivity index (χ0v) is 15.6. The minimum atomic E-state index is -0.0159. The van der Waals surface area contributed by atoms with Crippen LogP contribution in [0.5, 0.6) is 0 Å². The predicted molar refractivity (Wildman–Crippen MR) is 98.7 cm³/mol. The van der Waals surface area contributed by atoms with Crippen LogP contribution in [0.1, 0.15) is 48.5 Å². The van der Waals surface area contributed by atoms with Gasteiger partial charge in [-0.05, 0) is 39.3 Å². The zero-order chi connectivity index (χ0) is 18.0. The number of carbonyl (C=O) groups excluding carboxylic acids is 1. The lowest BCUT2D eigenvalue weighted by Gasteiger charge is -2.31. The van der Waals surface area contributed by atoms with Crippen molar-refractivity contribution in [2.75, 3.05) is 45.1 Å². The molecule has 0 radical (unpaired) electrons. The summed E-state index contributed by atoms with van der Waals surface area (Å²) in [5.74, 6) is 0.696. The van der Waals surface area contributed by atoms with Crippen LogP contribution < -0.4 is 5.32 Å². The molecular weight excluding hydrogens is 314 g/mol. The van der Waals surface area contributed by atoms with E-state index in [0.717, 1.165) is 50.3 Å². The highest BCUT2D eigenvalue weighted by Gasteiger charge is 2.27. The summed E-state index contributed by atoms with van der Waals surface area (Å²) in [4.78, 5) is 17.1. The molecular formula is C19H29N5O. The molecule has 0 atom stereocenters. The van der Waals surface area contributed by atoms with Crippen molar-refractivity contribution in [1.82, 2.24) is 14.4 Å². The fourth-order valence-corrected chi connectivity index (χ4v) is 4.09. The van der Waals surface area contributed by atoms with Gasteiger partial charge in [0.25, 0.3) is 0 Å². The molecule has 2 heterocycles. The monoisotopic (exact) mass is 343 g/mol. The molecule has 25 heavy (non-hydrogen) atoms. The summed E-state index contributed by atoms with van der Waals surface area (Å²) in [5.41, 5.74) is 2.72. The largest absolute Gasteiger partial charge is 0.327 e. The maximum Gasteiger partial charge on any atom is 0.239 e. The van der Waals surface area contributed by atoms with Crippen LogP contribution in [0.3, 0.4) is 0 Å². The Hall–Kier alpha value is -1.84. The van der Waals surface area contributed by atoms with Crippen LogP contribution in [0.2, 0.25) is 0 Å². The Morgan fingerprint density at radius 3 is 2.44 bits per heavy atom. The molecule has 1 amide bonds. The van der Waals surface area contributed by atoms with Crippen molar-refractivity contribution in [3.63, 3.8) is 0 Å². The number of likely N-dealkylation sites (N-methyl/N-ethyl adjacent to an activating group) is 1. The van der Waals surface area contributed by atoms with Crippen molar-refractivity contribution in [1.29, 1.82) is 5.26 Å². The van der Waals surface area contributed by atoms with Gasteiger partial charge >= 0.3 is 0 Å². The van der Waals surface area contributed by atoms with E-state index in [4.69, 9.17) is 0 Å². The Kier molecular flexibility index (Phi) is 5.45. The minimum absolute atomic E-state index is 0.0159. The van der Waals surface area contributed by atoms with Crippen molar-refractivity contribution in [2.45, 2.75) is 45.6 Å². The van der Waals surface area contributed by atoms with Crippen molar-refractivity contribution in [2.24, 2.45) is 0 Å². The number of amides is 1. The molecule has 1 saturated heterocycles. The van der Waals surface area contributed by atoms with E-state index in [9.17, 15) is 10.1 Å². The van der Waals surface area contributed by atoms with Crippen molar-refractivity contribution < 1.29 is 4.79 Å². The summed E-state index contributed by atoms with van der Waals surface area (Å²) in [5, 5.41) is 12.7. The number of piperazine rings is 1. The van der Waals surface area contributed by atoms with Crippen LogP contribution in [0, 0.1) is 25.2 Å². The lowest BCUT2D eigenvalue weighted by molar-refractivity contribution is -0.117. The number of hydrogen-bond donors (Lipinski definition) is 1. The predicted octanol–water partition coefficient (Wildman–Crippen LogP) is 2.28. The van der Waals surface area contributed by atoms with Crippen LogP contribution in [-0.2, 0) is 4.79 Å². The molecule has 1 aliphatic heterocycles. The third kappa shape index (κ3) is 3.73. The molecule has 0 unspecified atom stereocenters. The number of nitriles is 1. The molecule has 0 bridgehead atoms. The van der Waals surface area contributed by atoms with E-state index in [2.05, 4.69) is 39.7 Å². The third-order valence-electron chi connectivity index (χ3n) is 5.78. The van der Waals surface area contributed by atoms with Crippen LogP contribution in [-0.4, -0.2) is 60.0 Å². The first-order chi connectivity index (χ1) is 12.0. The molecule has 1 aromatic rings. The molecule has 3 rings (SSSR count). The van der Waals surface area contributed by atoms with E-state index in [1.165, 1.54) is 12.8 Å². The second-order valence-corrected chi connectivity index (χ2v) is 7.48. The highest BCUT2D eigenvalue weighted by molar-refractivity contribution is 5.93. The number of nitrogens with zero attached hydrogens (tertiary/aromatic N) is 4. The second kappa shape index (κ2) is 7.59. The third-order valence-corrected chi connectivity index (χ3v) is 5.78. The molecule has 2 aliphatic rings. The van der Waals surface area contributed by atoms with Crippen molar-refractivity contribution >= 4 is 11.7 Å². The molecule has 0 spiro atoms. The van der Waals surface area contributed by atoms with Gasteiger partial charge in [0.05, 0.1) is 12.1 Å². The number of hydrogen-bond acceptors (Lipinski definition) is 4. The van der Waals surface area contributed by atoms with Crippen molar-refractivity contribution in [3.05, 3.63) is 16.8 Å². The van der Waals surface area contributed by atoms with Crippen molar-refractivity contribution in [3.8, 4) is 6.07 Å². The SMILES string of the molecule is Cc1c(C#N)c(NC(=O)CN2CCN(C)CC2)n(C2CCCC2)c1C. The Labute approximate surface area is 150 Å². The van der Waals surface area contributed by atoms with Gasteiger partial charge < -0.3 is 14.8 Å². The summed E-state index contributed by atoms with van der Waals surface area (Å²) >= 11 is 0. The average Bonchev–Trinajstić information content (AvgIpc) is 3.18. The first-order valence-corrected chi connectivity index (χ1v) is 9.33. The first-order valence-electron chi connectivity index (χ1n) is 9.33. The van der Waals surface area contributed by atoms with Crippen LogP contribution in [0.15, 0.2) is 0 Å². The number of nitrogens with one attached hydrogen (secondary N) is 1. The molecule has 136 valence electrons. The van der Waals surface area contributed by atoms with Crippen LogP contribution >= 0.6 is 0 Å². The van der Waals surface area contributed by atoms with Gasteiger partial charge in [-0.1, -0.05) is 12.8 Å². The van der Waals surface area contributed by atoms with Crippen LogP contribution in [0.25, 0.3) is 0 Å². The van der Waals surface area contributed by atoms with Gasteiger partial charge in [-0.2, -0.15) is 5.26 Å². The quantitative estimate of drug-likeness (QED) is 0.911. The maximum atomic E-state index is 12.6. The van der Waals surface area contributed by atoms with Gasteiger partial charge in [0, 0.05) is 37.9 Å². The summed E-state index contributed by atoms with van der Waals surface area (Å²) < 4.78 is 2.21. The number of aromatic nitrogens is 1. The highest BCUT2D eigenvalue weighted by atomic mass is 16.2. The van der Waals surface area contributed by atoms with Crippen LogP contribution in [0.4, 0.5) is 5.82 Å². The standard InChI is InChI=1S/C19H29N5O/c1-14-15(2)24(16-6-4-5-7-16)19(17(14)12-20)21-18(25)13-23-10-8-22(3)9-11-23/h16H,4-11,13H2,1-3H3,(H,21,25). The van der Waals surface area contributed by atoms with E-state index in [1.54, 1.807) is 0 Å². The maximum absolute atomic E-state index is 12.6. The summed E-state index contributed by atoms with van der Waals surface area (Å²) in [6.45, 7) is 8.25. The van der Waals surface area contributed by atoms with Gasteiger partial charge in [-0.25, -0.2) is 0 Å². The Morgan fingerprint density at radius 1 is 1.20 bits per heavy atom. The summed E-state index contributed by atoms with van der Waals surface area (Å²) in [6, 6.07) is 2.71. The molecule has 1 aromatic heterocycles. The summed E-state index contributed by atoms with van der Waals surface area (Å²) in [7, 11) is 2.11. The van der Waals surface area contributed by atoms with Gasteiger partial charge in [0.15, 0.2) is 0 Å².